The highest BCUT2D eigenvalue weighted by Crippen LogP contribution is 2.32. The van der Waals surface area contributed by atoms with Crippen LogP contribution in [0.4, 0.5) is 11.4 Å². The van der Waals surface area contributed by atoms with Crippen molar-refractivity contribution in [2.45, 2.75) is 32.2 Å². The highest BCUT2D eigenvalue weighted by atomic mass is 16.3. The number of aliphatic hydroxyl groups excluding tert-OH is 1. The number of anilines is 2. The number of hydrogen-bond donors (Lipinski definition) is 3. The van der Waals surface area contributed by atoms with Crippen molar-refractivity contribution in [3.05, 3.63) is 30.5 Å². The van der Waals surface area contributed by atoms with Crippen molar-refractivity contribution in [1.82, 2.24) is 4.98 Å². The van der Waals surface area contributed by atoms with E-state index >= 15 is 0 Å². The Kier molecular flexibility index (Phi) is 3.90. The lowest BCUT2D eigenvalue weighted by Gasteiger charge is -2.33. The molecule has 0 saturated carbocycles. The Bertz CT molecular complexity index is 556. The van der Waals surface area contributed by atoms with Crippen LogP contribution in [0.3, 0.4) is 0 Å². The van der Waals surface area contributed by atoms with Crippen LogP contribution in [0.15, 0.2) is 30.5 Å². The van der Waals surface area contributed by atoms with Gasteiger partial charge in [0.15, 0.2) is 0 Å². The Balaban J connectivity index is 2.52. The number of rotatable bonds is 5. The molecule has 0 spiro atoms. The Labute approximate surface area is 113 Å². The molecule has 0 bridgehead atoms. The molecule has 0 atom stereocenters. The van der Waals surface area contributed by atoms with Gasteiger partial charge in [0, 0.05) is 5.39 Å². The highest BCUT2D eigenvalue weighted by Gasteiger charge is 2.26. The van der Waals surface area contributed by atoms with Gasteiger partial charge in [-0.1, -0.05) is 32.0 Å². The fourth-order valence-corrected chi connectivity index (χ4v) is 2.25. The van der Waals surface area contributed by atoms with E-state index in [1.807, 2.05) is 24.3 Å². The van der Waals surface area contributed by atoms with Crippen LogP contribution in [-0.2, 0) is 0 Å². The molecule has 2 rings (SSSR count). The molecule has 1 aromatic heterocycles. The second-order valence-corrected chi connectivity index (χ2v) is 4.88. The standard InChI is InChI=1S/C15H21N3O/c1-3-15(4-2,10-19)18-14-11-7-5-6-8-13(11)17-9-12(14)16/h5-9,19H,3-4,10,16H2,1-2H3,(H,17,18). The van der Waals surface area contributed by atoms with E-state index in [0.29, 0.717) is 5.69 Å². The predicted octanol–water partition coefficient (Wildman–Crippen LogP) is 2.78. The number of aliphatic hydroxyl groups is 1. The van der Waals surface area contributed by atoms with Crippen LogP contribution in [0.1, 0.15) is 26.7 Å². The largest absolute Gasteiger partial charge is 0.396 e. The van der Waals surface area contributed by atoms with Crippen molar-refractivity contribution < 1.29 is 5.11 Å². The summed E-state index contributed by atoms with van der Waals surface area (Å²) in [4.78, 5) is 4.32. The first-order valence-corrected chi connectivity index (χ1v) is 6.68. The number of benzene rings is 1. The number of hydrogen-bond acceptors (Lipinski definition) is 4. The number of nitrogens with zero attached hydrogens (tertiary/aromatic N) is 1. The number of pyridine rings is 1. The molecular weight excluding hydrogens is 238 g/mol. The first kappa shape index (κ1) is 13.6. The molecule has 0 fully saturated rings. The molecule has 19 heavy (non-hydrogen) atoms. The van der Waals surface area contributed by atoms with Crippen molar-refractivity contribution in [1.29, 1.82) is 0 Å². The normalized spacial score (nSPS) is 11.7. The summed E-state index contributed by atoms with van der Waals surface area (Å²) >= 11 is 0. The zero-order valence-corrected chi connectivity index (χ0v) is 11.5. The zero-order valence-electron chi connectivity index (χ0n) is 11.5. The van der Waals surface area contributed by atoms with Crippen molar-refractivity contribution in [2.75, 3.05) is 17.7 Å². The maximum atomic E-state index is 9.68. The van der Waals surface area contributed by atoms with E-state index in [4.69, 9.17) is 5.73 Å². The predicted molar refractivity (Wildman–Crippen MR) is 80.2 cm³/mol. The molecule has 4 N–H and O–H groups in total. The van der Waals surface area contributed by atoms with E-state index in [-0.39, 0.29) is 12.1 Å². The molecule has 1 aromatic carbocycles. The molecule has 4 nitrogen and oxygen atoms in total. The molecule has 0 saturated heterocycles. The third-order valence-electron chi connectivity index (χ3n) is 3.85. The Morgan fingerprint density at radius 3 is 2.58 bits per heavy atom. The van der Waals surface area contributed by atoms with Crippen LogP contribution >= 0.6 is 0 Å². The summed E-state index contributed by atoms with van der Waals surface area (Å²) in [5, 5.41) is 14.1. The topological polar surface area (TPSA) is 71.2 Å². The van der Waals surface area contributed by atoms with Gasteiger partial charge in [-0.05, 0) is 18.9 Å². The first-order chi connectivity index (χ1) is 9.15. The Morgan fingerprint density at radius 2 is 1.95 bits per heavy atom. The van der Waals surface area contributed by atoms with Gasteiger partial charge in [-0.3, -0.25) is 4.98 Å². The number of para-hydroxylation sites is 1. The summed E-state index contributed by atoms with van der Waals surface area (Å²) in [6.45, 7) is 4.20. The third kappa shape index (κ3) is 2.49. The van der Waals surface area contributed by atoms with E-state index in [2.05, 4.69) is 24.1 Å². The van der Waals surface area contributed by atoms with Crippen LogP contribution in [0.25, 0.3) is 10.9 Å². The van der Waals surface area contributed by atoms with Gasteiger partial charge >= 0.3 is 0 Å². The molecule has 102 valence electrons. The van der Waals surface area contributed by atoms with Gasteiger partial charge < -0.3 is 16.2 Å². The number of nitrogens with two attached hydrogens (primary N) is 1. The van der Waals surface area contributed by atoms with Gasteiger partial charge in [-0.2, -0.15) is 0 Å². The summed E-state index contributed by atoms with van der Waals surface area (Å²) in [6, 6.07) is 7.87. The molecule has 0 aliphatic heterocycles. The third-order valence-corrected chi connectivity index (χ3v) is 3.85. The fraction of sp³-hybridized carbons (Fsp3) is 0.400. The molecule has 0 aliphatic carbocycles. The SMILES string of the molecule is CCC(CC)(CO)Nc1c(N)cnc2ccccc12. The lowest BCUT2D eigenvalue weighted by molar-refractivity contribution is 0.202. The molecule has 0 radical (unpaired) electrons. The minimum Gasteiger partial charge on any atom is -0.396 e. The molecular formula is C15H21N3O. The van der Waals surface area contributed by atoms with Crippen LogP contribution in [0.2, 0.25) is 0 Å². The molecule has 0 unspecified atom stereocenters. The minimum absolute atomic E-state index is 0.0795. The van der Waals surface area contributed by atoms with E-state index in [1.54, 1.807) is 6.20 Å². The maximum Gasteiger partial charge on any atom is 0.0743 e. The van der Waals surface area contributed by atoms with Crippen LogP contribution in [-0.4, -0.2) is 22.2 Å². The molecule has 4 heteroatoms. The van der Waals surface area contributed by atoms with E-state index < -0.39 is 0 Å². The molecule has 2 aromatic rings. The summed E-state index contributed by atoms with van der Waals surface area (Å²) < 4.78 is 0. The quantitative estimate of drug-likeness (QED) is 0.772. The van der Waals surface area contributed by atoms with E-state index in [1.165, 1.54) is 0 Å². The first-order valence-electron chi connectivity index (χ1n) is 6.68. The summed E-state index contributed by atoms with van der Waals surface area (Å²) in [7, 11) is 0. The zero-order chi connectivity index (χ0) is 13.9. The number of nitrogen functional groups attached to an aromatic ring is 1. The lowest BCUT2D eigenvalue weighted by Crippen LogP contribution is -2.41. The Hall–Kier alpha value is -1.81. The molecule has 0 amide bonds. The van der Waals surface area contributed by atoms with Gasteiger partial charge in [0.25, 0.3) is 0 Å². The van der Waals surface area contributed by atoms with Crippen LogP contribution in [0, 0.1) is 0 Å². The van der Waals surface area contributed by atoms with Gasteiger partial charge in [-0.15, -0.1) is 0 Å². The van der Waals surface area contributed by atoms with E-state index in [0.717, 1.165) is 29.4 Å². The number of aromatic nitrogens is 1. The Morgan fingerprint density at radius 1 is 1.26 bits per heavy atom. The van der Waals surface area contributed by atoms with Crippen molar-refractivity contribution in [2.24, 2.45) is 0 Å². The van der Waals surface area contributed by atoms with Gasteiger partial charge in [0.1, 0.15) is 0 Å². The summed E-state index contributed by atoms with van der Waals surface area (Å²) in [6.07, 6.45) is 3.32. The average molecular weight is 259 g/mol. The van der Waals surface area contributed by atoms with Gasteiger partial charge in [-0.25, -0.2) is 0 Å². The van der Waals surface area contributed by atoms with Crippen LogP contribution < -0.4 is 11.1 Å². The van der Waals surface area contributed by atoms with E-state index in [9.17, 15) is 5.11 Å². The van der Waals surface area contributed by atoms with Gasteiger partial charge in [0.2, 0.25) is 0 Å². The number of fused-ring (bicyclic) bond motifs is 1. The second kappa shape index (κ2) is 5.45. The highest BCUT2D eigenvalue weighted by molar-refractivity contribution is 5.97. The minimum atomic E-state index is -0.335. The molecule has 0 aliphatic rings. The van der Waals surface area contributed by atoms with Gasteiger partial charge in [0.05, 0.1) is 35.2 Å². The van der Waals surface area contributed by atoms with Crippen molar-refractivity contribution in [3.8, 4) is 0 Å². The molecule has 1 heterocycles. The monoisotopic (exact) mass is 259 g/mol. The second-order valence-electron chi connectivity index (χ2n) is 4.88. The summed E-state index contributed by atoms with van der Waals surface area (Å²) in [5.41, 5.74) is 8.09. The van der Waals surface area contributed by atoms with Crippen LogP contribution in [0.5, 0.6) is 0 Å². The number of nitrogens with one attached hydrogen (secondary N) is 1. The average Bonchev–Trinajstić information content (AvgIpc) is 2.47. The fourth-order valence-electron chi connectivity index (χ4n) is 2.25. The van der Waals surface area contributed by atoms with Crippen molar-refractivity contribution in [3.63, 3.8) is 0 Å². The summed E-state index contributed by atoms with van der Waals surface area (Å²) in [5.74, 6) is 0. The lowest BCUT2D eigenvalue weighted by atomic mass is 9.93. The maximum absolute atomic E-state index is 9.68. The van der Waals surface area contributed by atoms with Crippen molar-refractivity contribution >= 4 is 22.3 Å². The smallest absolute Gasteiger partial charge is 0.0743 e.